The lowest BCUT2D eigenvalue weighted by Gasteiger charge is -2.25. The van der Waals surface area contributed by atoms with Gasteiger partial charge in [-0.3, -0.25) is 4.79 Å². The van der Waals surface area contributed by atoms with E-state index in [0.717, 1.165) is 23.3 Å². The van der Waals surface area contributed by atoms with Crippen molar-refractivity contribution in [3.05, 3.63) is 46.1 Å². The fraction of sp³-hybridized carbons (Fsp3) is 0.458. The number of carbonyl (C=O) groups excluding carboxylic acids is 1. The zero-order valence-electron chi connectivity index (χ0n) is 18.6. The largest absolute Gasteiger partial charge is 0.493 e. The maximum atomic E-state index is 12.8. The predicted octanol–water partition coefficient (Wildman–Crippen LogP) is 4.77. The minimum absolute atomic E-state index is 0.0721. The van der Waals surface area contributed by atoms with Crippen LogP contribution in [0.15, 0.2) is 28.8 Å². The van der Waals surface area contributed by atoms with Gasteiger partial charge in [-0.15, -0.1) is 11.3 Å². The van der Waals surface area contributed by atoms with Crippen molar-refractivity contribution in [2.24, 2.45) is 0 Å². The second kappa shape index (κ2) is 8.58. The van der Waals surface area contributed by atoms with Gasteiger partial charge in [0.05, 0.1) is 25.1 Å². The first-order chi connectivity index (χ1) is 15.6. The molecule has 5 rings (SSSR count). The molecular weight excluding hydrogens is 426 g/mol. The van der Waals surface area contributed by atoms with Crippen molar-refractivity contribution in [2.75, 3.05) is 20.8 Å². The van der Waals surface area contributed by atoms with Crippen molar-refractivity contribution >= 4 is 17.2 Å². The fourth-order valence-electron chi connectivity index (χ4n) is 4.67. The maximum Gasteiger partial charge on any atom is 0.268 e. The third kappa shape index (κ3) is 3.77. The average molecular weight is 454 g/mol. The first kappa shape index (κ1) is 21.0. The van der Waals surface area contributed by atoms with E-state index in [-0.39, 0.29) is 17.9 Å². The summed E-state index contributed by atoms with van der Waals surface area (Å²) in [5, 5.41) is 4.24. The normalized spacial score (nSPS) is 19.2. The minimum atomic E-state index is -0.0947. The Morgan fingerprint density at radius 3 is 2.75 bits per heavy atom. The van der Waals surface area contributed by atoms with Crippen LogP contribution in [0.5, 0.6) is 11.5 Å². The lowest BCUT2D eigenvalue weighted by atomic mass is 9.99. The van der Waals surface area contributed by atoms with Gasteiger partial charge in [0.15, 0.2) is 17.3 Å². The van der Waals surface area contributed by atoms with Crippen LogP contribution in [-0.4, -0.2) is 41.7 Å². The third-order valence-corrected chi connectivity index (χ3v) is 7.76. The molecule has 0 N–H and O–H groups in total. The van der Waals surface area contributed by atoms with E-state index in [9.17, 15) is 4.79 Å². The molecule has 0 bridgehead atoms. The first-order valence-corrected chi connectivity index (χ1v) is 11.9. The summed E-state index contributed by atoms with van der Waals surface area (Å²) < 4.78 is 16.3. The molecule has 1 saturated heterocycles. The van der Waals surface area contributed by atoms with Crippen molar-refractivity contribution in [3.63, 3.8) is 0 Å². The molecule has 2 unspecified atom stereocenters. The molecular formula is C24H27N3O4S. The third-order valence-electron chi connectivity index (χ3n) is 6.53. The summed E-state index contributed by atoms with van der Waals surface area (Å²) in [5.41, 5.74) is 2.41. The number of amides is 1. The van der Waals surface area contributed by atoms with Crippen molar-refractivity contribution in [1.29, 1.82) is 0 Å². The average Bonchev–Trinajstić information content (AvgIpc) is 3.55. The van der Waals surface area contributed by atoms with Gasteiger partial charge < -0.3 is 18.9 Å². The number of thiophene rings is 1. The number of aromatic nitrogens is 2. The van der Waals surface area contributed by atoms with Crippen LogP contribution < -0.4 is 9.47 Å². The monoisotopic (exact) mass is 453 g/mol. The van der Waals surface area contributed by atoms with E-state index in [1.54, 1.807) is 25.6 Å². The number of likely N-dealkylation sites (tertiary alicyclic amines) is 1. The Morgan fingerprint density at radius 2 is 1.97 bits per heavy atom. The Bertz CT molecular complexity index is 1110. The molecule has 168 valence electrons. The van der Waals surface area contributed by atoms with Gasteiger partial charge in [0.2, 0.25) is 5.91 Å². The van der Waals surface area contributed by atoms with E-state index >= 15 is 0 Å². The number of benzene rings is 1. The molecule has 8 heteroatoms. The van der Waals surface area contributed by atoms with Gasteiger partial charge in [-0.2, -0.15) is 4.98 Å². The number of hydrogen-bond acceptors (Lipinski definition) is 7. The highest BCUT2D eigenvalue weighted by Crippen LogP contribution is 2.38. The number of methoxy groups -OCH3 is 2. The van der Waals surface area contributed by atoms with Crippen molar-refractivity contribution in [1.82, 2.24) is 15.0 Å². The second-order valence-corrected chi connectivity index (χ2v) is 9.60. The number of ether oxygens (including phenoxy) is 2. The molecule has 1 aliphatic carbocycles. The van der Waals surface area contributed by atoms with E-state index in [1.807, 2.05) is 30.0 Å². The molecule has 1 aliphatic heterocycles. The summed E-state index contributed by atoms with van der Waals surface area (Å²) in [4.78, 5) is 21.9. The van der Waals surface area contributed by atoms with E-state index in [4.69, 9.17) is 14.0 Å². The summed E-state index contributed by atoms with van der Waals surface area (Å²) in [6.45, 7) is 2.59. The van der Waals surface area contributed by atoms with Crippen LogP contribution in [0.3, 0.4) is 0 Å². The summed E-state index contributed by atoms with van der Waals surface area (Å²) in [7, 11) is 3.22. The molecule has 2 aromatic heterocycles. The molecule has 1 aromatic carbocycles. The van der Waals surface area contributed by atoms with Gasteiger partial charge in [0, 0.05) is 23.8 Å². The molecule has 32 heavy (non-hydrogen) atoms. The van der Waals surface area contributed by atoms with Gasteiger partial charge in [0.25, 0.3) is 5.89 Å². The number of rotatable bonds is 6. The number of hydrogen-bond donors (Lipinski definition) is 0. The quantitative estimate of drug-likeness (QED) is 0.535. The lowest BCUT2D eigenvalue weighted by Crippen LogP contribution is -2.28. The number of carbonyl (C=O) groups is 1. The zero-order chi connectivity index (χ0) is 22.2. The molecule has 7 nitrogen and oxygen atoms in total. The van der Waals surface area contributed by atoms with Crippen LogP contribution in [0, 0.1) is 0 Å². The highest BCUT2D eigenvalue weighted by Gasteiger charge is 2.37. The highest BCUT2D eigenvalue weighted by molar-refractivity contribution is 7.15. The Kier molecular flexibility index (Phi) is 5.63. The molecule has 0 radical (unpaired) electrons. The van der Waals surface area contributed by atoms with Crippen molar-refractivity contribution in [2.45, 2.75) is 51.0 Å². The minimum Gasteiger partial charge on any atom is -0.493 e. The summed E-state index contributed by atoms with van der Waals surface area (Å²) in [5.74, 6) is 2.53. The first-order valence-electron chi connectivity index (χ1n) is 11.0. The number of nitrogens with zero attached hydrogens (tertiary/aromatic N) is 3. The Morgan fingerprint density at radius 1 is 1.16 bits per heavy atom. The van der Waals surface area contributed by atoms with Crippen LogP contribution in [0.4, 0.5) is 0 Å². The molecule has 2 aliphatic rings. The smallest absolute Gasteiger partial charge is 0.268 e. The topological polar surface area (TPSA) is 77.7 Å². The van der Waals surface area contributed by atoms with Crippen LogP contribution in [0.1, 0.15) is 60.0 Å². The molecule has 1 fully saturated rings. The Labute approximate surface area is 191 Å². The lowest BCUT2D eigenvalue weighted by molar-refractivity contribution is -0.129. The fourth-order valence-corrected chi connectivity index (χ4v) is 5.84. The van der Waals surface area contributed by atoms with E-state index in [1.165, 1.54) is 23.3 Å². The van der Waals surface area contributed by atoms with Crippen LogP contribution in [0.2, 0.25) is 0 Å². The Hall–Kier alpha value is -2.87. The van der Waals surface area contributed by atoms with Crippen LogP contribution >= 0.6 is 11.3 Å². The number of fused-ring (bicyclic) bond motifs is 1. The highest BCUT2D eigenvalue weighted by atomic mass is 32.1. The summed E-state index contributed by atoms with van der Waals surface area (Å²) in [6.07, 6.45) is 5.16. The predicted molar refractivity (Wildman–Crippen MR) is 121 cm³/mol. The van der Waals surface area contributed by atoms with Gasteiger partial charge in [-0.25, -0.2) is 0 Å². The molecule has 3 heterocycles. The molecule has 1 amide bonds. The van der Waals surface area contributed by atoms with Crippen molar-refractivity contribution in [3.8, 4) is 22.3 Å². The maximum absolute atomic E-state index is 12.8. The molecule has 0 saturated carbocycles. The van der Waals surface area contributed by atoms with Crippen LogP contribution in [-0.2, 0) is 17.6 Å². The SMILES string of the molecule is COc1ccc(C(C)N2CC(c3noc(-c4cc5c(s4)CCCC5)n3)CC2=O)cc1OC. The van der Waals surface area contributed by atoms with Crippen LogP contribution in [0.25, 0.3) is 10.8 Å². The summed E-state index contributed by atoms with van der Waals surface area (Å²) >= 11 is 1.76. The van der Waals surface area contributed by atoms with E-state index in [2.05, 4.69) is 16.2 Å². The number of aryl methyl sites for hydroxylation is 2. The summed E-state index contributed by atoms with van der Waals surface area (Å²) in [6, 6.07) is 7.87. The van der Waals surface area contributed by atoms with E-state index < -0.39 is 0 Å². The molecule has 3 aromatic rings. The second-order valence-electron chi connectivity index (χ2n) is 8.46. The van der Waals surface area contributed by atoms with Crippen molar-refractivity contribution < 1.29 is 18.8 Å². The van der Waals surface area contributed by atoms with Gasteiger partial charge in [-0.05, 0) is 61.9 Å². The standard InChI is InChI=1S/C24H27N3O4S/c1-14(15-8-9-18(29-2)19(10-15)30-3)27-13-17(12-22(27)28)23-25-24(31-26-23)21-11-16-6-4-5-7-20(16)32-21/h8-11,14,17H,4-7,12-13H2,1-3H3. The van der Waals surface area contributed by atoms with Gasteiger partial charge in [-0.1, -0.05) is 11.2 Å². The van der Waals surface area contributed by atoms with E-state index in [0.29, 0.717) is 36.2 Å². The molecule has 0 spiro atoms. The zero-order valence-corrected chi connectivity index (χ0v) is 19.4. The molecule has 2 atom stereocenters. The Balaban J connectivity index is 1.32. The van der Waals surface area contributed by atoms with Gasteiger partial charge >= 0.3 is 0 Å². The van der Waals surface area contributed by atoms with Gasteiger partial charge in [0.1, 0.15) is 0 Å².